The lowest BCUT2D eigenvalue weighted by molar-refractivity contribution is -0.122. The van der Waals surface area contributed by atoms with Crippen LogP contribution in [-0.4, -0.2) is 18.9 Å². The highest BCUT2D eigenvalue weighted by Gasteiger charge is 2.48. The highest BCUT2D eigenvalue weighted by atomic mass is 35.5. The summed E-state index contributed by atoms with van der Waals surface area (Å²) in [6, 6.07) is 14.1. The van der Waals surface area contributed by atoms with Gasteiger partial charge in [0, 0.05) is 11.8 Å². The SMILES string of the molecule is COc1cccc(NC(=O)C2CC2C(=O)Nc2ccccc2Cl)c1. The van der Waals surface area contributed by atoms with Crippen LogP contribution in [0.3, 0.4) is 0 Å². The first-order valence-electron chi connectivity index (χ1n) is 7.59. The minimum Gasteiger partial charge on any atom is -0.497 e. The molecule has 1 aliphatic carbocycles. The molecule has 2 aromatic carbocycles. The molecule has 3 rings (SSSR count). The van der Waals surface area contributed by atoms with E-state index in [2.05, 4.69) is 10.6 Å². The summed E-state index contributed by atoms with van der Waals surface area (Å²) in [4.78, 5) is 24.5. The minimum absolute atomic E-state index is 0.164. The largest absolute Gasteiger partial charge is 0.497 e. The lowest BCUT2D eigenvalue weighted by Crippen LogP contribution is -2.20. The number of benzene rings is 2. The van der Waals surface area contributed by atoms with E-state index >= 15 is 0 Å². The van der Waals surface area contributed by atoms with Crippen LogP contribution in [0.1, 0.15) is 6.42 Å². The Balaban J connectivity index is 1.57. The summed E-state index contributed by atoms with van der Waals surface area (Å²) in [7, 11) is 1.57. The Hall–Kier alpha value is -2.53. The van der Waals surface area contributed by atoms with E-state index in [4.69, 9.17) is 16.3 Å². The molecule has 0 aromatic heterocycles. The molecule has 2 aromatic rings. The summed E-state index contributed by atoms with van der Waals surface area (Å²) in [5.41, 5.74) is 1.21. The quantitative estimate of drug-likeness (QED) is 0.871. The van der Waals surface area contributed by atoms with Gasteiger partial charge in [-0.1, -0.05) is 29.8 Å². The standard InChI is InChI=1S/C18H17ClN2O3/c1-24-12-6-4-5-11(9-12)20-17(22)13-10-14(13)18(23)21-16-8-3-2-7-15(16)19/h2-9,13-14H,10H2,1H3,(H,20,22)(H,21,23). The van der Waals surface area contributed by atoms with Crippen LogP contribution < -0.4 is 15.4 Å². The van der Waals surface area contributed by atoms with E-state index in [9.17, 15) is 9.59 Å². The lowest BCUT2D eigenvalue weighted by Gasteiger charge is -2.08. The van der Waals surface area contributed by atoms with Crippen LogP contribution in [0, 0.1) is 11.8 Å². The van der Waals surface area contributed by atoms with Gasteiger partial charge in [-0.25, -0.2) is 0 Å². The van der Waals surface area contributed by atoms with Crippen molar-refractivity contribution in [2.75, 3.05) is 17.7 Å². The fourth-order valence-corrected chi connectivity index (χ4v) is 2.68. The third kappa shape index (κ3) is 3.68. The molecular weight excluding hydrogens is 328 g/mol. The van der Waals surface area contributed by atoms with E-state index in [1.165, 1.54) is 0 Å². The summed E-state index contributed by atoms with van der Waals surface area (Å²) in [5, 5.41) is 6.06. The average molecular weight is 345 g/mol. The number of hydrogen-bond acceptors (Lipinski definition) is 3. The Morgan fingerprint density at radius 1 is 1.04 bits per heavy atom. The van der Waals surface area contributed by atoms with Crippen LogP contribution in [0.4, 0.5) is 11.4 Å². The number of amides is 2. The number of carbonyl (C=O) groups is 2. The molecule has 5 nitrogen and oxygen atoms in total. The summed E-state index contributed by atoms with van der Waals surface area (Å²) in [6.45, 7) is 0. The molecule has 0 heterocycles. The van der Waals surface area contributed by atoms with Gasteiger partial charge >= 0.3 is 0 Å². The van der Waals surface area contributed by atoms with Gasteiger partial charge in [-0.2, -0.15) is 0 Å². The van der Waals surface area contributed by atoms with Crippen molar-refractivity contribution >= 4 is 34.8 Å². The van der Waals surface area contributed by atoms with E-state index in [1.54, 1.807) is 55.6 Å². The fourth-order valence-electron chi connectivity index (χ4n) is 2.50. The summed E-state index contributed by atoms with van der Waals surface area (Å²) in [6.07, 6.45) is 0.534. The Bertz CT molecular complexity index is 778. The van der Waals surface area contributed by atoms with Gasteiger partial charge in [-0.3, -0.25) is 9.59 Å². The Morgan fingerprint density at radius 3 is 2.46 bits per heavy atom. The maximum atomic E-state index is 12.3. The van der Waals surface area contributed by atoms with Gasteiger partial charge in [0.1, 0.15) is 5.75 Å². The predicted molar refractivity (Wildman–Crippen MR) is 93.3 cm³/mol. The molecule has 2 N–H and O–H groups in total. The highest BCUT2D eigenvalue weighted by molar-refractivity contribution is 6.33. The van der Waals surface area contributed by atoms with Gasteiger partial charge in [-0.15, -0.1) is 0 Å². The van der Waals surface area contributed by atoms with Crippen molar-refractivity contribution in [1.82, 2.24) is 0 Å². The molecule has 0 saturated heterocycles. The zero-order chi connectivity index (χ0) is 17.1. The fraction of sp³-hybridized carbons (Fsp3) is 0.222. The number of methoxy groups -OCH3 is 1. The third-order valence-electron chi connectivity index (χ3n) is 3.93. The molecule has 1 fully saturated rings. The van der Waals surface area contributed by atoms with Crippen LogP contribution in [0.15, 0.2) is 48.5 Å². The topological polar surface area (TPSA) is 67.4 Å². The number of ether oxygens (including phenoxy) is 1. The number of para-hydroxylation sites is 1. The third-order valence-corrected chi connectivity index (χ3v) is 4.26. The highest BCUT2D eigenvalue weighted by Crippen LogP contribution is 2.40. The minimum atomic E-state index is -0.327. The van der Waals surface area contributed by atoms with Gasteiger partial charge < -0.3 is 15.4 Å². The second-order valence-corrected chi connectivity index (χ2v) is 6.05. The molecule has 2 amide bonds. The maximum absolute atomic E-state index is 12.3. The van der Waals surface area contributed by atoms with Gasteiger partial charge in [0.05, 0.1) is 29.7 Å². The molecule has 1 aliphatic rings. The molecule has 0 aliphatic heterocycles. The molecule has 124 valence electrons. The zero-order valence-electron chi connectivity index (χ0n) is 13.1. The van der Waals surface area contributed by atoms with E-state index in [0.29, 0.717) is 28.6 Å². The van der Waals surface area contributed by atoms with Crippen LogP contribution in [0.2, 0.25) is 5.02 Å². The lowest BCUT2D eigenvalue weighted by atomic mass is 10.2. The molecule has 0 radical (unpaired) electrons. The molecule has 24 heavy (non-hydrogen) atoms. The molecule has 6 heteroatoms. The van der Waals surface area contributed by atoms with Crippen LogP contribution >= 0.6 is 11.6 Å². The van der Waals surface area contributed by atoms with Crippen molar-refractivity contribution in [3.8, 4) is 5.75 Å². The second-order valence-electron chi connectivity index (χ2n) is 5.64. The monoisotopic (exact) mass is 344 g/mol. The molecular formula is C18H17ClN2O3. The molecule has 2 atom stereocenters. The van der Waals surface area contributed by atoms with Crippen molar-refractivity contribution in [3.63, 3.8) is 0 Å². The van der Waals surface area contributed by atoms with Crippen molar-refractivity contribution < 1.29 is 14.3 Å². The van der Waals surface area contributed by atoms with E-state index in [1.807, 2.05) is 0 Å². The molecule has 0 bridgehead atoms. The first kappa shape index (κ1) is 16.3. The Labute approximate surface area is 145 Å². The molecule has 0 spiro atoms. The smallest absolute Gasteiger partial charge is 0.228 e. The van der Waals surface area contributed by atoms with Crippen molar-refractivity contribution in [1.29, 1.82) is 0 Å². The van der Waals surface area contributed by atoms with E-state index in [-0.39, 0.29) is 23.7 Å². The summed E-state index contributed by atoms with van der Waals surface area (Å²) < 4.78 is 5.12. The van der Waals surface area contributed by atoms with Gasteiger partial charge in [0.25, 0.3) is 0 Å². The Morgan fingerprint density at radius 2 is 1.75 bits per heavy atom. The maximum Gasteiger partial charge on any atom is 0.228 e. The number of halogens is 1. The molecule has 1 saturated carbocycles. The second kappa shape index (κ2) is 6.93. The zero-order valence-corrected chi connectivity index (χ0v) is 13.8. The number of anilines is 2. The van der Waals surface area contributed by atoms with Gasteiger partial charge in [-0.05, 0) is 30.7 Å². The van der Waals surface area contributed by atoms with Crippen molar-refractivity contribution in [3.05, 3.63) is 53.6 Å². The summed E-state index contributed by atoms with van der Waals surface area (Å²) >= 11 is 6.02. The number of rotatable bonds is 5. The van der Waals surface area contributed by atoms with Crippen molar-refractivity contribution in [2.24, 2.45) is 11.8 Å². The van der Waals surface area contributed by atoms with Crippen LogP contribution in [0.5, 0.6) is 5.75 Å². The van der Waals surface area contributed by atoms with E-state index in [0.717, 1.165) is 0 Å². The van der Waals surface area contributed by atoms with E-state index < -0.39 is 0 Å². The number of nitrogens with one attached hydrogen (secondary N) is 2. The Kier molecular flexibility index (Phi) is 4.71. The normalized spacial score (nSPS) is 18.6. The molecule has 2 unspecified atom stereocenters. The van der Waals surface area contributed by atoms with Crippen LogP contribution in [-0.2, 0) is 9.59 Å². The first-order valence-corrected chi connectivity index (χ1v) is 7.96. The van der Waals surface area contributed by atoms with Crippen LogP contribution in [0.25, 0.3) is 0 Å². The predicted octanol–water partition coefficient (Wildman–Crippen LogP) is 3.56. The first-order chi connectivity index (χ1) is 11.6. The average Bonchev–Trinajstić information content (AvgIpc) is 3.38. The van der Waals surface area contributed by atoms with Gasteiger partial charge in [0.2, 0.25) is 11.8 Å². The summed E-state index contributed by atoms with van der Waals surface area (Å²) in [5.74, 6) is -0.335. The van der Waals surface area contributed by atoms with Crippen molar-refractivity contribution in [2.45, 2.75) is 6.42 Å². The number of hydrogen-bond donors (Lipinski definition) is 2. The van der Waals surface area contributed by atoms with Gasteiger partial charge in [0.15, 0.2) is 0 Å². The number of carbonyl (C=O) groups excluding carboxylic acids is 2.